The van der Waals surface area contributed by atoms with E-state index in [4.69, 9.17) is 9.97 Å². The van der Waals surface area contributed by atoms with Crippen LogP contribution in [0.25, 0.3) is 94.4 Å². The molecule has 2 heterocycles. The van der Waals surface area contributed by atoms with Crippen LogP contribution in [0.4, 0.5) is 0 Å². The van der Waals surface area contributed by atoms with Gasteiger partial charge in [0.05, 0.1) is 28.1 Å². The molecule has 0 saturated carbocycles. The van der Waals surface area contributed by atoms with Crippen molar-refractivity contribution in [2.75, 3.05) is 0 Å². The molecule has 0 radical (unpaired) electrons. The van der Waals surface area contributed by atoms with Gasteiger partial charge in [0, 0.05) is 32.8 Å². The zero-order valence-corrected chi connectivity index (χ0v) is 28.9. The Bertz CT molecular complexity index is 2850. The SMILES string of the molecule is c1ccc(-c2ccc(-c3cc(-c4ccc(-c5ccc(-n6c7ccccc7c7ccccc76)c6ccccc56)cc4)nc(-c4ccccc4)n3)cc2)cc1. The van der Waals surface area contributed by atoms with Crippen molar-refractivity contribution in [2.45, 2.75) is 0 Å². The van der Waals surface area contributed by atoms with Crippen LogP contribution in [0.2, 0.25) is 0 Å². The average Bonchev–Trinajstić information content (AvgIpc) is 3.58. The Labute approximate surface area is 308 Å². The minimum atomic E-state index is 0.709. The predicted octanol–water partition coefficient (Wildman–Crippen LogP) is 13.1. The fraction of sp³-hybridized carbons (Fsp3) is 0. The maximum Gasteiger partial charge on any atom is 0.160 e. The molecule has 2 aromatic heterocycles. The maximum atomic E-state index is 5.09. The Morgan fingerprint density at radius 2 is 0.736 bits per heavy atom. The summed E-state index contributed by atoms with van der Waals surface area (Å²) in [4.78, 5) is 10.1. The molecule has 0 N–H and O–H groups in total. The normalized spacial score (nSPS) is 11.4. The number of hydrogen-bond acceptors (Lipinski definition) is 2. The van der Waals surface area contributed by atoms with Crippen LogP contribution in [0.3, 0.4) is 0 Å². The van der Waals surface area contributed by atoms with E-state index in [0.717, 1.165) is 33.6 Å². The molecule has 0 atom stereocenters. The number of hydrogen-bond donors (Lipinski definition) is 0. The molecule has 3 nitrogen and oxygen atoms in total. The van der Waals surface area contributed by atoms with Gasteiger partial charge in [-0.3, -0.25) is 0 Å². The number of nitrogens with zero attached hydrogens (tertiary/aromatic N) is 3. The molecular formula is C50H33N3. The Morgan fingerprint density at radius 1 is 0.302 bits per heavy atom. The lowest BCUT2D eigenvalue weighted by Gasteiger charge is -2.15. The van der Waals surface area contributed by atoms with E-state index in [1.165, 1.54) is 55.0 Å². The molecule has 10 rings (SSSR count). The van der Waals surface area contributed by atoms with Crippen LogP contribution < -0.4 is 0 Å². The third-order valence-electron chi connectivity index (χ3n) is 10.3. The van der Waals surface area contributed by atoms with Crippen molar-refractivity contribution in [1.82, 2.24) is 14.5 Å². The maximum absolute atomic E-state index is 5.09. The second kappa shape index (κ2) is 12.9. The second-order valence-electron chi connectivity index (χ2n) is 13.4. The molecule has 53 heavy (non-hydrogen) atoms. The zero-order valence-electron chi connectivity index (χ0n) is 28.9. The number of para-hydroxylation sites is 2. The van der Waals surface area contributed by atoms with E-state index in [9.17, 15) is 0 Å². The van der Waals surface area contributed by atoms with Crippen molar-refractivity contribution in [3.8, 4) is 61.8 Å². The monoisotopic (exact) mass is 675 g/mol. The van der Waals surface area contributed by atoms with Crippen molar-refractivity contribution in [3.05, 3.63) is 200 Å². The minimum Gasteiger partial charge on any atom is -0.309 e. The fourth-order valence-electron chi connectivity index (χ4n) is 7.66. The highest BCUT2D eigenvalue weighted by Crippen LogP contribution is 2.38. The van der Waals surface area contributed by atoms with Crippen LogP contribution in [0.1, 0.15) is 0 Å². The summed E-state index contributed by atoms with van der Waals surface area (Å²) in [6.07, 6.45) is 0. The number of benzene rings is 8. The molecule has 0 unspecified atom stereocenters. The Hall–Kier alpha value is -7.10. The van der Waals surface area contributed by atoms with Crippen molar-refractivity contribution < 1.29 is 0 Å². The summed E-state index contributed by atoms with van der Waals surface area (Å²) >= 11 is 0. The lowest BCUT2D eigenvalue weighted by molar-refractivity contribution is 1.18. The summed E-state index contributed by atoms with van der Waals surface area (Å²) in [5.41, 5.74) is 13.2. The summed E-state index contributed by atoms with van der Waals surface area (Å²) in [5, 5.41) is 4.96. The predicted molar refractivity (Wildman–Crippen MR) is 221 cm³/mol. The topological polar surface area (TPSA) is 30.7 Å². The van der Waals surface area contributed by atoms with Crippen LogP contribution in [-0.4, -0.2) is 14.5 Å². The first-order valence-corrected chi connectivity index (χ1v) is 18.0. The summed E-state index contributed by atoms with van der Waals surface area (Å²) in [7, 11) is 0. The lowest BCUT2D eigenvalue weighted by Crippen LogP contribution is -1.97. The Balaban J connectivity index is 1.05. The molecule has 248 valence electrons. The van der Waals surface area contributed by atoms with Crippen LogP contribution in [0.5, 0.6) is 0 Å². The highest BCUT2D eigenvalue weighted by Gasteiger charge is 2.16. The standard InChI is InChI=1S/C50H33N3/c1-3-13-34(14-4-1)35-23-27-37(28-24-35)45-33-46(52-50(51-45)39-15-5-2-6-16-39)38-29-25-36(26-30-38)40-31-32-49(42-18-8-7-17-41(40)42)53-47-21-11-9-19-43(47)44-20-10-12-22-48(44)53/h1-33H. The molecule has 3 heteroatoms. The van der Waals surface area contributed by atoms with Crippen molar-refractivity contribution >= 4 is 32.6 Å². The number of fused-ring (bicyclic) bond motifs is 4. The number of rotatable bonds is 6. The van der Waals surface area contributed by atoms with Gasteiger partial charge < -0.3 is 4.57 Å². The number of aromatic nitrogens is 3. The first-order chi connectivity index (χ1) is 26.3. The van der Waals surface area contributed by atoms with Gasteiger partial charge in [-0.2, -0.15) is 0 Å². The fourth-order valence-corrected chi connectivity index (χ4v) is 7.66. The quantitative estimate of drug-likeness (QED) is 0.176. The van der Waals surface area contributed by atoms with E-state index in [-0.39, 0.29) is 0 Å². The molecule has 0 amide bonds. The minimum absolute atomic E-state index is 0.709. The van der Waals surface area contributed by atoms with E-state index >= 15 is 0 Å². The van der Waals surface area contributed by atoms with Gasteiger partial charge in [0.1, 0.15) is 0 Å². The zero-order chi connectivity index (χ0) is 35.1. The average molecular weight is 676 g/mol. The van der Waals surface area contributed by atoms with Gasteiger partial charge in [0.15, 0.2) is 5.82 Å². The van der Waals surface area contributed by atoms with Gasteiger partial charge in [0.25, 0.3) is 0 Å². The van der Waals surface area contributed by atoms with Crippen molar-refractivity contribution in [1.29, 1.82) is 0 Å². The third-order valence-corrected chi connectivity index (χ3v) is 10.3. The van der Waals surface area contributed by atoms with E-state index in [0.29, 0.717) is 5.82 Å². The van der Waals surface area contributed by atoms with Crippen LogP contribution in [0.15, 0.2) is 200 Å². The van der Waals surface area contributed by atoms with Crippen molar-refractivity contribution in [2.24, 2.45) is 0 Å². The Kier molecular flexibility index (Phi) is 7.47. The lowest BCUT2D eigenvalue weighted by atomic mass is 9.95. The molecule has 0 saturated heterocycles. The second-order valence-corrected chi connectivity index (χ2v) is 13.4. The molecule has 0 aliphatic carbocycles. The van der Waals surface area contributed by atoms with E-state index in [2.05, 4.69) is 180 Å². The molecule has 0 fully saturated rings. The molecule has 0 aliphatic rings. The van der Waals surface area contributed by atoms with Gasteiger partial charge in [-0.15, -0.1) is 0 Å². The molecule has 8 aromatic carbocycles. The highest BCUT2D eigenvalue weighted by molar-refractivity contribution is 6.11. The molecular weight excluding hydrogens is 643 g/mol. The summed E-state index contributed by atoms with van der Waals surface area (Å²) in [5.74, 6) is 0.709. The first kappa shape index (κ1) is 30.7. The van der Waals surface area contributed by atoms with Gasteiger partial charge in [0.2, 0.25) is 0 Å². The molecule has 0 bridgehead atoms. The van der Waals surface area contributed by atoms with Gasteiger partial charge >= 0.3 is 0 Å². The summed E-state index contributed by atoms with van der Waals surface area (Å²) in [6, 6.07) is 70.9. The van der Waals surface area contributed by atoms with Crippen molar-refractivity contribution in [3.63, 3.8) is 0 Å². The smallest absolute Gasteiger partial charge is 0.160 e. The van der Waals surface area contributed by atoms with Gasteiger partial charge in [-0.1, -0.05) is 176 Å². The van der Waals surface area contributed by atoms with Crippen LogP contribution in [-0.2, 0) is 0 Å². The third kappa shape index (κ3) is 5.47. The molecule has 0 aliphatic heterocycles. The largest absolute Gasteiger partial charge is 0.309 e. The summed E-state index contributed by atoms with van der Waals surface area (Å²) < 4.78 is 2.41. The molecule has 0 spiro atoms. The van der Waals surface area contributed by atoms with Crippen LogP contribution in [0, 0.1) is 0 Å². The van der Waals surface area contributed by atoms with E-state index in [1.54, 1.807) is 0 Å². The van der Waals surface area contributed by atoms with Gasteiger partial charge in [-0.05, 0) is 51.9 Å². The van der Waals surface area contributed by atoms with E-state index < -0.39 is 0 Å². The molecule has 10 aromatic rings. The highest BCUT2D eigenvalue weighted by atomic mass is 15.0. The summed E-state index contributed by atoms with van der Waals surface area (Å²) in [6.45, 7) is 0. The van der Waals surface area contributed by atoms with Crippen LogP contribution >= 0.6 is 0 Å². The Morgan fingerprint density at radius 3 is 1.32 bits per heavy atom. The first-order valence-electron chi connectivity index (χ1n) is 18.0. The van der Waals surface area contributed by atoms with Gasteiger partial charge in [-0.25, -0.2) is 9.97 Å². The van der Waals surface area contributed by atoms with E-state index in [1.807, 2.05) is 24.3 Å².